The van der Waals surface area contributed by atoms with E-state index in [-0.39, 0.29) is 5.69 Å². The molecule has 0 heterocycles. The van der Waals surface area contributed by atoms with Gasteiger partial charge in [0.1, 0.15) is 0 Å². The third kappa shape index (κ3) is 2.40. The molecule has 0 saturated heterocycles. The zero-order valence-electron chi connectivity index (χ0n) is 9.45. The number of non-ortho nitro benzene ring substituents is 1. The van der Waals surface area contributed by atoms with Gasteiger partial charge in [0.2, 0.25) is 10.0 Å². The Kier molecular flexibility index (Phi) is 2.92. The number of nitrogens with one attached hydrogen (secondary N) is 1. The molecule has 94 valence electrons. The van der Waals surface area contributed by atoms with Gasteiger partial charge in [-0.1, -0.05) is 18.2 Å². The van der Waals surface area contributed by atoms with Crippen LogP contribution in [0.25, 0.3) is 10.8 Å². The van der Waals surface area contributed by atoms with Crippen molar-refractivity contribution in [3.05, 3.63) is 46.5 Å². The highest BCUT2D eigenvalue weighted by atomic mass is 32.2. The van der Waals surface area contributed by atoms with E-state index in [9.17, 15) is 18.5 Å². The van der Waals surface area contributed by atoms with Gasteiger partial charge in [-0.3, -0.25) is 14.8 Å². The van der Waals surface area contributed by atoms with Crippen LogP contribution in [0.4, 0.5) is 11.4 Å². The van der Waals surface area contributed by atoms with Crippen LogP contribution in [0.1, 0.15) is 0 Å². The molecule has 0 aliphatic carbocycles. The highest BCUT2D eigenvalue weighted by Gasteiger charge is 2.15. The van der Waals surface area contributed by atoms with Crippen molar-refractivity contribution in [1.29, 1.82) is 0 Å². The Labute approximate surface area is 103 Å². The van der Waals surface area contributed by atoms with Crippen LogP contribution in [0.2, 0.25) is 0 Å². The summed E-state index contributed by atoms with van der Waals surface area (Å²) in [5.41, 5.74) is 0.281. The maximum Gasteiger partial charge on any atom is 0.277 e. The van der Waals surface area contributed by atoms with Gasteiger partial charge in [-0.25, -0.2) is 8.42 Å². The minimum atomic E-state index is -3.42. The Bertz CT molecular complexity index is 725. The first kappa shape index (κ1) is 12.3. The topological polar surface area (TPSA) is 89.3 Å². The number of nitro benzene ring substituents is 1. The second-order valence-corrected chi connectivity index (χ2v) is 5.56. The zero-order valence-corrected chi connectivity index (χ0v) is 10.3. The van der Waals surface area contributed by atoms with Gasteiger partial charge >= 0.3 is 0 Å². The molecule has 0 spiro atoms. The van der Waals surface area contributed by atoms with Gasteiger partial charge in [-0.2, -0.15) is 0 Å². The van der Waals surface area contributed by atoms with Crippen LogP contribution >= 0.6 is 0 Å². The van der Waals surface area contributed by atoms with Gasteiger partial charge in [0.25, 0.3) is 5.69 Å². The summed E-state index contributed by atoms with van der Waals surface area (Å²) < 4.78 is 24.8. The van der Waals surface area contributed by atoms with E-state index in [0.29, 0.717) is 16.5 Å². The van der Waals surface area contributed by atoms with Crippen LogP contribution in [-0.4, -0.2) is 19.6 Å². The van der Waals surface area contributed by atoms with Crippen molar-refractivity contribution in [3.8, 4) is 0 Å². The summed E-state index contributed by atoms with van der Waals surface area (Å²) in [6.07, 6.45) is 1.03. The molecule has 2 aromatic carbocycles. The molecule has 0 bridgehead atoms. The van der Waals surface area contributed by atoms with Crippen LogP contribution in [0.15, 0.2) is 36.4 Å². The lowest BCUT2D eigenvalue weighted by molar-refractivity contribution is -0.383. The van der Waals surface area contributed by atoms with Crippen molar-refractivity contribution < 1.29 is 13.3 Å². The second kappa shape index (κ2) is 4.26. The van der Waals surface area contributed by atoms with Gasteiger partial charge in [0, 0.05) is 11.5 Å². The second-order valence-electron chi connectivity index (χ2n) is 3.81. The first-order valence-electron chi connectivity index (χ1n) is 5.02. The molecular formula is C11H10N2O4S. The SMILES string of the molecule is CS(=O)(=O)Nc1ccc([N+](=O)[O-])c2ccccc12. The summed E-state index contributed by atoms with van der Waals surface area (Å²) in [4.78, 5) is 10.4. The molecule has 0 saturated carbocycles. The average molecular weight is 266 g/mol. The molecule has 0 aliphatic rings. The third-order valence-corrected chi connectivity index (χ3v) is 2.98. The van der Waals surface area contributed by atoms with Gasteiger partial charge in [-0.15, -0.1) is 0 Å². The molecule has 0 aliphatic heterocycles. The number of anilines is 1. The lowest BCUT2D eigenvalue weighted by atomic mass is 10.1. The Morgan fingerprint density at radius 3 is 2.28 bits per heavy atom. The summed E-state index contributed by atoms with van der Waals surface area (Å²) in [7, 11) is -3.42. The number of hydrogen-bond acceptors (Lipinski definition) is 4. The number of rotatable bonds is 3. The normalized spacial score (nSPS) is 11.4. The number of fused-ring (bicyclic) bond motifs is 1. The number of sulfonamides is 1. The highest BCUT2D eigenvalue weighted by Crippen LogP contribution is 2.31. The lowest BCUT2D eigenvalue weighted by Crippen LogP contribution is -2.10. The first-order valence-corrected chi connectivity index (χ1v) is 6.91. The predicted molar refractivity (Wildman–Crippen MR) is 69.1 cm³/mol. The minimum absolute atomic E-state index is 0.0512. The monoisotopic (exact) mass is 266 g/mol. The maximum absolute atomic E-state index is 11.2. The zero-order chi connectivity index (χ0) is 13.3. The van der Waals surface area contributed by atoms with E-state index in [1.54, 1.807) is 24.3 Å². The quantitative estimate of drug-likeness (QED) is 0.680. The van der Waals surface area contributed by atoms with E-state index < -0.39 is 14.9 Å². The van der Waals surface area contributed by atoms with Gasteiger partial charge in [0.15, 0.2) is 0 Å². The van der Waals surface area contributed by atoms with Gasteiger partial charge in [-0.05, 0) is 12.1 Å². The molecule has 0 radical (unpaired) electrons. The standard InChI is InChI=1S/C11H10N2O4S/c1-18(16,17)12-10-6-7-11(13(14)15)9-5-3-2-4-8(9)10/h2-7,12H,1H3. The predicted octanol–water partition coefficient (Wildman–Crippen LogP) is 2.12. The summed E-state index contributed by atoms with van der Waals surface area (Å²) in [6.45, 7) is 0. The minimum Gasteiger partial charge on any atom is -0.283 e. The van der Waals surface area contributed by atoms with Crippen LogP contribution in [0.3, 0.4) is 0 Å². The molecule has 0 unspecified atom stereocenters. The molecule has 0 fully saturated rings. The van der Waals surface area contributed by atoms with E-state index in [2.05, 4.69) is 4.72 Å². The van der Waals surface area contributed by atoms with E-state index in [4.69, 9.17) is 0 Å². The highest BCUT2D eigenvalue weighted by molar-refractivity contribution is 7.92. The fraction of sp³-hybridized carbons (Fsp3) is 0.0909. The van der Waals surface area contributed by atoms with Crippen molar-refractivity contribution in [2.45, 2.75) is 0 Å². The molecule has 2 rings (SSSR count). The fourth-order valence-corrected chi connectivity index (χ4v) is 2.31. The molecule has 7 heteroatoms. The lowest BCUT2D eigenvalue weighted by Gasteiger charge is -2.08. The smallest absolute Gasteiger partial charge is 0.277 e. The number of hydrogen-bond donors (Lipinski definition) is 1. The van der Waals surface area contributed by atoms with Crippen molar-refractivity contribution in [2.24, 2.45) is 0 Å². The molecule has 0 atom stereocenters. The van der Waals surface area contributed by atoms with Gasteiger partial charge in [0.05, 0.1) is 22.3 Å². The molecule has 0 amide bonds. The first-order chi connectivity index (χ1) is 8.38. The van der Waals surface area contributed by atoms with E-state index in [1.807, 2.05) is 0 Å². The van der Waals surface area contributed by atoms with E-state index >= 15 is 0 Å². The molecule has 6 nitrogen and oxygen atoms in total. The van der Waals surface area contributed by atoms with Crippen LogP contribution in [0, 0.1) is 10.1 Å². The largest absolute Gasteiger partial charge is 0.283 e. The van der Waals surface area contributed by atoms with Crippen molar-refractivity contribution in [1.82, 2.24) is 0 Å². The number of nitro groups is 1. The van der Waals surface area contributed by atoms with Crippen molar-refractivity contribution in [3.63, 3.8) is 0 Å². The Balaban J connectivity index is 2.72. The third-order valence-electron chi connectivity index (χ3n) is 2.39. The number of nitrogens with zero attached hydrogens (tertiary/aromatic N) is 1. The van der Waals surface area contributed by atoms with Crippen molar-refractivity contribution in [2.75, 3.05) is 11.0 Å². The van der Waals surface area contributed by atoms with Crippen molar-refractivity contribution >= 4 is 32.2 Å². The van der Waals surface area contributed by atoms with Crippen LogP contribution in [0.5, 0.6) is 0 Å². The molecule has 1 N–H and O–H groups in total. The van der Waals surface area contributed by atoms with Gasteiger partial charge < -0.3 is 0 Å². The summed E-state index contributed by atoms with van der Waals surface area (Å²) in [6, 6.07) is 9.26. The summed E-state index contributed by atoms with van der Waals surface area (Å²) in [5.74, 6) is 0. The van der Waals surface area contributed by atoms with E-state index in [0.717, 1.165) is 6.26 Å². The fourth-order valence-electron chi connectivity index (χ4n) is 1.73. The molecule has 0 aromatic heterocycles. The molecule has 18 heavy (non-hydrogen) atoms. The maximum atomic E-state index is 11.2. The van der Waals surface area contributed by atoms with Crippen LogP contribution < -0.4 is 4.72 Å². The molecular weight excluding hydrogens is 256 g/mol. The Hall–Kier alpha value is -2.15. The Morgan fingerprint density at radius 2 is 1.72 bits per heavy atom. The Morgan fingerprint density at radius 1 is 1.11 bits per heavy atom. The number of benzene rings is 2. The average Bonchev–Trinajstić information content (AvgIpc) is 2.27. The van der Waals surface area contributed by atoms with E-state index in [1.165, 1.54) is 12.1 Å². The summed E-state index contributed by atoms with van der Waals surface area (Å²) >= 11 is 0. The van der Waals surface area contributed by atoms with Crippen LogP contribution in [-0.2, 0) is 10.0 Å². The molecule has 2 aromatic rings. The summed E-state index contributed by atoms with van der Waals surface area (Å²) in [5, 5.41) is 11.8.